The molecule has 1 rings (SSSR count). The van der Waals surface area contributed by atoms with Crippen LogP contribution in [0.1, 0.15) is 32.9 Å². The second-order valence-electron chi connectivity index (χ2n) is 5.29. The van der Waals surface area contributed by atoms with Crippen LogP contribution in [0.25, 0.3) is 0 Å². The van der Waals surface area contributed by atoms with Crippen molar-refractivity contribution in [3.05, 3.63) is 24.0 Å². The first-order chi connectivity index (χ1) is 9.28. The summed E-state index contributed by atoms with van der Waals surface area (Å²) in [5, 5.41) is 19.0. The highest BCUT2D eigenvalue weighted by Gasteiger charge is 2.23. The smallest absolute Gasteiger partial charge is 0.408 e. The predicted octanol–water partition coefficient (Wildman–Crippen LogP) is 1.39. The monoisotopic (exact) mass is 281 g/mol. The molecule has 1 aromatic rings. The van der Waals surface area contributed by atoms with Crippen LogP contribution in [0.4, 0.5) is 4.79 Å². The highest BCUT2D eigenvalue weighted by Crippen LogP contribution is 2.08. The topological polar surface area (TPSA) is 101 Å². The van der Waals surface area contributed by atoms with E-state index in [2.05, 4.69) is 15.5 Å². The fraction of sp³-hybridized carbons (Fsp3) is 0.538. The van der Waals surface area contributed by atoms with Crippen molar-refractivity contribution in [2.45, 2.75) is 45.3 Å². The Morgan fingerprint density at radius 2 is 2.15 bits per heavy atom. The molecular weight excluding hydrogens is 262 g/mol. The average Bonchev–Trinajstić information content (AvgIpc) is 2.33. The van der Waals surface area contributed by atoms with Crippen molar-refractivity contribution >= 4 is 12.1 Å². The number of ether oxygens (including phenoxy) is 1. The summed E-state index contributed by atoms with van der Waals surface area (Å²) in [6.07, 6.45) is 1.41. The lowest BCUT2D eigenvalue weighted by molar-refractivity contribution is -0.139. The molecule has 7 heteroatoms. The molecular formula is C13H19N3O4. The molecule has 1 atom stereocenters. The second-order valence-corrected chi connectivity index (χ2v) is 5.29. The number of aryl methyl sites for hydroxylation is 1. The van der Waals surface area contributed by atoms with Gasteiger partial charge in [0.2, 0.25) is 0 Å². The molecule has 1 heterocycles. The van der Waals surface area contributed by atoms with Crippen LogP contribution in [0, 0.1) is 0 Å². The Balaban J connectivity index is 2.53. The van der Waals surface area contributed by atoms with Gasteiger partial charge in [0.1, 0.15) is 11.6 Å². The van der Waals surface area contributed by atoms with Crippen LogP contribution < -0.4 is 5.32 Å². The highest BCUT2D eigenvalue weighted by molar-refractivity contribution is 5.79. The van der Waals surface area contributed by atoms with Crippen molar-refractivity contribution in [1.29, 1.82) is 0 Å². The largest absolute Gasteiger partial charge is 0.480 e. The molecule has 2 N–H and O–H groups in total. The SMILES string of the molecule is CC(C)(C)OC(=O)NC(CCc1cccnn1)C(=O)O. The third-order valence-electron chi connectivity index (χ3n) is 2.31. The summed E-state index contributed by atoms with van der Waals surface area (Å²) in [6.45, 7) is 5.13. The van der Waals surface area contributed by atoms with Crippen molar-refractivity contribution < 1.29 is 19.4 Å². The van der Waals surface area contributed by atoms with E-state index in [-0.39, 0.29) is 6.42 Å². The molecule has 0 saturated heterocycles. The number of aromatic nitrogens is 2. The number of hydrogen-bond acceptors (Lipinski definition) is 5. The molecule has 0 radical (unpaired) electrons. The van der Waals surface area contributed by atoms with E-state index in [9.17, 15) is 9.59 Å². The molecule has 0 aliphatic carbocycles. The Morgan fingerprint density at radius 3 is 2.65 bits per heavy atom. The number of nitrogens with one attached hydrogen (secondary N) is 1. The van der Waals surface area contributed by atoms with E-state index >= 15 is 0 Å². The Morgan fingerprint density at radius 1 is 1.45 bits per heavy atom. The first-order valence-corrected chi connectivity index (χ1v) is 6.27. The number of carboxylic acid groups (broad SMARTS) is 1. The number of alkyl carbamates (subject to hydrolysis) is 1. The Bertz CT molecular complexity index is 456. The van der Waals surface area contributed by atoms with Crippen LogP contribution in [0.2, 0.25) is 0 Å². The average molecular weight is 281 g/mol. The first kappa shape index (κ1) is 15.9. The minimum Gasteiger partial charge on any atom is -0.480 e. The molecule has 7 nitrogen and oxygen atoms in total. The van der Waals surface area contributed by atoms with Gasteiger partial charge in [-0.3, -0.25) is 0 Å². The van der Waals surface area contributed by atoms with Gasteiger partial charge < -0.3 is 15.2 Å². The van der Waals surface area contributed by atoms with Gasteiger partial charge in [-0.05, 0) is 45.7 Å². The van der Waals surface area contributed by atoms with E-state index in [1.807, 2.05) is 0 Å². The summed E-state index contributed by atoms with van der Waals surface area (Å²) < 4.78 is 5.03. The lowest BCUT2D eigenvalue weighted by Crippen LogP contribution is -2.43. The summed E-state index contributed by atoms with van der Waals surface area (Å²) in [6, 6.07) is 2.45. The van der Waals surface area contributed by atoms with E-state index in [4.69, 9.17) is 9.84 Å². The van der Waals surface area contributed by atoms with Crippen molar-refractivity contribution in [3.8, 4) is 0 Å². The van der Waals surface area contributed by atoms with Crippen molar-refractivity contribution in [3.63, 3.8) is 0 Å². The van der Waals surface area contributed by atoms with E-state index in [0.29, 0.717) is 12.1 Å². The number of hydrogen-bond donors (Lipinski definition) is 2. The fourth-order valence-corrected chi connectivity index (χ4v) is 1.47. The maximum absolute atomic E-state index is 11.6. The highest BCUT2D eigenvalue weighted by atomic mass is 16.6. The Kier molecular flexibility index (Phi) is 5.42. The second kappa shape index (κ2) is 6.83. The van der Waals surface area contributed by atoms with Gasteiger partial charge in [-0.25, -0.2) is 9.59 Å². The van der Waals surface area contributed by atoms with E-state index in [0.717, 1.165) is 0 Å². The van der Waals surface area contributed by atoms with Crippen LogP contribution in [-0.4, -0.2) is 39.0 Å². The van der Waals surface area contributed by atoms with Crippen LogP contribution in [-0.2, 0) is 16.0 Å². The zero-order valence-electron chi connectivity index (χ0n) is 11.8. The minimum absolute atomic E-state index is 0.216. The van der Waals surface area contributed by atoms with Gasteiger partial charge in [0, 0.05) is 6.20 Å². The third-order valence-corrected chi connectivity index (χ3v) is 2.31. The lowest BCUT2D eigenvalue weighted by Gasteiger charge is -2.21. The molecule has 1 unspecified atom stereocenters. The van der Waals surface area contributed by atoms with Crippen molar-refractivity contribution in [2.75, 3.05) is 0 Å². The molecule has 110 valence electrons. The molecule has 0 fully saturated rings. The van der Waals surface area contributed by atoms with Crippen LogP contribution in [0.5, 0.6) is 0 Å². The van der Waals surface area contributed by atoms with Gasteiger partial charge in [0.15, 0.2) is 0 Å². The zero-order chi connectivity index (χ0) is 15.2. The summed E-state index contributed by atoms with van der Waals surface area (Å²) >= 11 is 0. The van der Waals surface area contributed by atoms with Gasteiger partial charge in [-0.1, -0.05) is 0 Å². The Hall–Kier alpha value is -2.18. The number of aliphatic carboxylic acids is 1. The fourth-order valence-electron chi connectivity index (χ4n) is 1.47. The number of carboxylic acids is 1. The van der Waals surface area contributed by atoms with Gasteiger partial charge in [0.05, 0.1) is 5.69 Å². The molecule has 0 saturated carbocycles. The van der Waals surface area contributed by atoms with Gasteiger partial charge in [-0.2, -0.15) is 10.2 Å². The molecule has 0 aliphatic heterocycles. The molecule has 20 heavy (non-hydrogen) atoms. The normalized spacial score (nSPS) is 12.6. The maximum Gasteiger partial charge on any atom is 0.408 e. The number of carbonyl (C=O) groups excluding carboxylic acids is 1. The van der Waals surface area contributed by atoms with Crippen LogP contribution in [0.3, 0.4) is 0 Å². The summed E-state index contributed by atoms with van der Waals surface area (Å²) in [5.41, 5.74) is 0.00245. The lowest BCUT2D eigenvalue weighted by atomic mass is 10.1. The number of rotatable bonds is 5. The molecule has 0 aromatic carbocycles. The van der Waals surface area contributed by atoms with Crippen molar-refractivity contribution in [1.82, 2.24) is 15.5 Å². The van der Waals surface area contributed by atoms with Gasteiger partial charge in [-0.15, -0.1) is 0 Å². The summed E-state index contributed by atoms with van der Waals surface area (Å²) in [4.78, 5) is 22.7. The van der Waals surface area contributed by atoms with Gasteiger partial charge >= 0.3 is 12.1 Å². The van der Waals surface area contributed by atoms with E-state index in [1.165, 1.54) is 6.20 Å². The standard InChI is InChI=1S/C13H19N3O4/c1-13(2,3)20-12(19)15-10(11(17)18)7-6-9-5-4-8-14-16-9/h4-5,8,10H,6-7H2,1-3H3,(H,15,19)(H,17,18). The molecule has 0 aliphatic rings. The van der Waals surface area contributed by atoms with Crippen molar-refractivity contribution in [2.24, 2.45) is 0 Å². The quantitative estimate of drug-likeness (QED) is 0.845. The van der Waals surface area contributed by atoms with E-state index in [1.54, 1.807) is 32.9 Å². The minimum atomic E-state index is -1.11. The molecule has 1 aromatic heterocycles. The molecule has 1 amide bonds. The van der Waals surface area contributed by atoms with Crippen LogP contribution >= 0.6 is 0 Å². The van der Waals surface area contributed by atoms with Crippen LogP contribution in [0.15, 0.2) is 18.3 Å². The predicted molar refractivity (Wildman–Crippen MR) is 71.1 cm³/mol. The van der Waals surface area contributed by atoms with Gasteiger partial charge in [0.25, 0.3) is 0 Å². The summed E-state index contributed by atoms with van der Waals surface area (Å²) in [7, 11) is 0. The number of amides is 1. The first-order valence-electron chi connectivity index (χ1n) is 6.27. The Labute approximate surface area is 117 Å². The molecule has 0 spiro atoms. The zero-order valence-corrected chi connectivity index (χ0v) is 11.8. The number of carbonyl (C=O) groups is 2. The van der Waals surface area contributed by atoms with E-state index < -0.39 is 23.7 Å². The number of nitrogens with zero attached hydrogens (tertiary/aromatic N) is 2. The molecule has 0 bridgehead atoms. The third kappa shape index (κ3) is 6.12. The summed E-state index contributed by atoms with van der Waals surface area (Å²) in [5.74, 6) is -1.11. The maximum atomic E-state index is 11.6.